The van der Waals surface area contributed by atoms with E-state index in [-0.39, 0.29) is 0 Å². The molecule has 14 heavy (non-hydrogen) atoms. The van der Waals surface area contributed by atoms with Gasteiger partial charge in [-0.3, -0.25) is 4.90 Å². The van der Waals surface area contributed by atoms with Gasteiger partial charge in [0.05, 0.1) is 13.2 Å². The van der Waals surface area contributed by atoms with Crippen molar-refractivity contribution in [3.05, 3.63) is 0 Å². The molecule has 1 aliphatic carbocycles. The maximum Gasteiger partial charge on any atom is 0.0594 e. The highest BCUT2D eigenvalue weighted by molar-refractivity contribution is 4.84. The molecule has 0 unspecified atom stereocenters. The maximum absolute atomic E-state index is 5.41. The molecule has 0 aliphatic heterocycles. The van der Waals surface area contributed by atoms with Crippen molar-refractivity contribution in [1.82, 2.24) is 4.90 Å². The van der Waals surface area contributed by atoms with Crippen LogP contribution in [0, 0.1) is 5.92 Å². The molecule has 0 aromatic heterocycles. The molecular weight excluding hydrogens is 176 g/mol. The summed E-state index contributed by atoms with van der Waals surface area (Å²) in [4.78, 5) is 2.56. The maximum atomic E-state index is 5.41. The Morgan fingerprint density at radius 2 is 2.07 bits per heavy atom. The first-order chi connectivity index (χ1) is 6.74. The smallest absolute Gasteiger partial charge is 0.0594 e. The fraction of sp³-hybridized carbons (Fsp3) is 1.00. The van der Waals surface area contributed by atoms with Crippen LogP contribution in [0.2, 0.25) is 0 Å². The van der Waals surface area contributed by atoms with E-state index in [1.165, 1.54) is 19.4 Å². The van der Waals surface area contributed by atoms with Crippen molar-refractivity contribution in [2.24, 2.45) is 11.7 Å². The molecule has 0 radical (unpaired) electrons. The molecule has 1 saturated carbocycles. The molecule has 1 aliphatic rings. The number of nitrogens with zero attached hydrogens (tertiary/aromatic N) is 1. The summed E-state index contributed by atoms with van der Waals surface area (Å²) in [6.07, 6.45) is 2.76. The van der Waals surface area contributed by atoms with Crippen LogP contribution in [0.5, 0.6) is 0 Å². The van der Waals surface area contributed by atoms with Crippen LogP contribution in [0.3, 0.4) is 0 Å². The molecule has 0 atom stereocenters. The van der Waals surface area contributed by atoms with Crippen molar-refractivity contribution in [3.63, 3.8) is 0 Å². The van der Waals surface area contributed by atoms with Gasteiger partial charge in [0.1, 0.15) is 0 Å². The molecule has 1 fully saturated rings. The van der Waals surface area contributed by atoms with Gasteiger partial charge in [-0.1, -0.05) is 13.8 Å². The summed E-state index contributed by atoms with van der Waals surface area (Å²) >= 11 is 0. The largest absolute Gasteiger partial charge is 0.379 e. The minimum absolute atomic E-state index is 0.633. The van der Waals surface area contributed by atoms with Gasteiger partial charge in [-0.15, -0.1) is 0 Å². The first-order valence-electron chi connectivity index (χ1n) is 5.76. The molecular formula is C11H24N2O. The summed E-state index contributed by atoms with van der Waals surface area (Å²) in [6.45, 7) is 8.99. The van der Waals surface area contributed by atoms with E-state index in [1.807, 2.05) is 0 Å². The van der Waals surface area contributed by atoms with Crippen molar-refractivity contribution in [3.8, 4) is 0 Å². The highest BCUT2D eigenvalue weighted by atomic mass is 16.5. The van der Waals surface area contributed by atoms with Gasteiger partial charge in [-0.25, -0.2) is 0 Å². The van der Waals surface area contributed by atoms with Crippen LogP contribution in [0.15, 0.2) is 0 Å². The summed E-state index contributed by atoms with van der Waals surface area (Å²) in [5.74, 6) is 0.755. The molecule has 0 amide bonds. The molecule has 0 aromatic rings. The van der Waals surface area contributed by atoms with Crippen LogP contribution in [-0.4, -0.2) is 43.8 Å². The van der Waals surface area contributed by atoms with Gasteiger partial charge in [0.25, 0.3) is 0 Å². The molecule has 3 nitrogen and oxygen atoms in total. The SMILES string of the molecule is CC(C)CN(CCOCCN)C1CC1. The Kier molecular flexibility index (Phi) is 5.45. The number of hydrogen-bond donors (Lipinski definition) is 1. The predicted octanol–water partition coefficient (Wildman–Crippen LogP) is 1.08. The average molecular weight is 200 g/mol. The van der Waals surface area contributed by atoms with Gasteiger partial charge in [0.2, 0.25) is 0 Å². The zero-order valence-electron chi connectivity index (χ0n) is 9.54. The lowest BCUT2D eigenvalue weighted by atomic mass is 10.2. The number of rotatable bonds is 8. The number of nitrogens with two attached hydrogens (primary N) is 1. The van der Waals surface area contributed by atoms with Crippen molar-refractivity contribution in [2.75, 3.05) is 32.8 Å². The highest BCUT2D eigenvalue weighted by Gasteiger charge is 2.28. The van der Waals surface area contributed by atoms with Crippen LogP contribution in [0.1, 0.15) is 26.7 Å². The van der Waals surface area contributed by atoms with Gasteiger partial charge in [0, 0.05) is 25.7 Å². The Morgan fingerprint density at radius 3 is 2.57 bits per heavy atom. The monoisotopic (exact) mass is 200 g/mol. The molecule has 0 saturated heterocycles. The molecule has 1 rings (SSSR count). The summed E-state index contributed by atoms with van der Waals surface area (Å²) in [5.41, 5.74) is 5.36. The lowest BCUT2D eigenvalue weighted by Crippen LogP contribution is -2.33. The van der Waals surface area contributed by atoms with Crippen molar-refractivity contribution in [1.29, 1.82) is 0 Å². The summed E-state index contributed by atoms with van der Waals surface area (Å²) < 4.78 is 5.41. The topological polar surface area (TPSA) is 38.5 Å². The van der Waals surface area contributed by atoms with E-state index in [0.717, 1.165) is 25.1 Å². The van der Waals surface area contributed by atoms with Gasteiger partial charge in [-0.2, -0.15) is 0 Å². The lowest BCUT2D eigenvalue weighted by Gasteiger charge is -2.23. The minimum atomic E-state index is 0.633. The van der Waals surface area contributed by atoms with E-state index in [0.29, 0.717) is 13.2 Å². The highest BCUT2D eigenvalue weighted by Crippen LogP contribution is 2.27. The molecule has 0 spiro atoms. The van der Waals surface area contributed by atoms with Crippen LogP contribution >= 0.6 is 0 Å². The number of ether oxygens (including phenoxy) is 1. The predicted molar refractivity (Wildman–Crippen MR) is 59.3 cm³/mol. The van der Waals surface area contributed by atoms with E-state index >= 15 is 0 Å². The first kappa shape index (κ1) is 12.0. The standard InChI is InChI=1S/C11H24N2O/c1-10(2)9-13(11-3-4-11)6-8-14-7-5-12/h10-11H,3-9,12H2,1-2H3. The molecule has 0 bridgehead atoms. The van der Waals surface area contributed by atoms with Crippen LogP contribution in [0.4, 0.5) is 0 Å². The summed E-state index contributed by atoms with van der Waals surface area (Å²) in [7, 11) is 0. The second-order valence-electron chi connectivity index (χ2n) is 4.52. The van der Waals surface area contributed by atoms with Crippen LogP contribution in [0.25, 0.3) is 0 Å². The molecule has 84 valence electrons. The van der Waals surface area contributed by atoms with Crippen molar-refractivity contribution >= 4 is 0 Å². The lowest BCUT2D eigenvalue weighted by molar-refractivity contribution is 0.101. The van der Waals surface area contributed by atoms with Crippen LogP contribution < -0.4 is 5.73 Å². The zero-order valence-corrected chi connectivity index (χ0v) is 9.54. The third-order valence-corrected chi connectivity index (χ3v) is 2.45. The normalized spacial score (nSPS) is 16.9. The Hall–Kier alpha value is -0.120. The second kappa shape index (κ2) is 6.38. The van der Waals surface area contributed by atoms with E-state index in [4.69, 9.17) is 10.5 Å². The van der Waals surface area contributed by atoms with Crippen molar-refractivity contribution in [2.45, 2.75) is 32.7 Å². The summed E-state index contributed by atoms with van der Waals surface area (Å²) in [5, 5.41) is 0. The van der Waals surface area contributed by atoms with Crippen molar-refractivity contribution < 1.29 is 4.74 Å². The van der Waals surface area contributed by atoms with Gasteiger partial charge in [-0.05, 0) is 18.8 Å². The molecule has 3 heteroatoms. The second-order valence-corrected chi connectivity index (χ2v) is 4.52. The average Bonchev–Trinajstić information content (AvgIpc) is 2.92. The Labute approximate surface area is 87.6 Å². The van der Waals surface area contributed by atoms with E-state index in [9.17, 15) is 0 Å². The third kappa shape index (κ3) is 4.94. The fourth-order valence-corrected chi connectivity index (χ4v) is 1.70. The van der Waals surface area contributed by atoms with Crippen LogP contribution in [-0.2, 0) is 4.74 Å². The third-order valence-electron chi connectivity index (χ3n) is 2.45. The Balaban J connectivity index is 2.09. The van der Waals surface area contributed by atoms with Gasteiger partial charge in [0.15, 0.2) is 0 Å². The summed E-state index contributed by atoms with van der Waals surface area (Å²) in [6, 6.07) is 0.846. The number of hydrogen-bond acceptors (Lipinski definition) is 3. The molecule has 2 N–H and O–H groups in total. The minimum Gasteiger partial charge on any atom is -0.379 e. The van der Waals surface area contributed by atoms with E-state index in [2.05, 4.69) is 18.7 Å². The fourth-order valence-electron chi connectivity index (χ4n) is 1.70. The van der Waals surface area contributed by atoms with Gasteiger partial charge < -0.3 is 10.5 Å². The Bertz CT molecular complexity index is 146. The molecule has 0 heterocycles. The molecule has 0 aromatic carbocycles. The van der Waals surface area contributed by atoms with Gasteiger partial charge >= 0.3 is 0 Å². The Morgan fingerprint density at radius 1 is 1.36 bits per heavy atom. The van der Waals surface area contributed by atoms with E-state index < -0.39 is 0 Å². The van der Waals surface area contributed by atoms with E-state index in [1.54, 1.807) is 0 Å². The first-order valence-corrected chi connectivity index (χ1v) is 5.76. The quantitative estimate of drug-likeness (QED) is 0.596. The zero-order chi connectivity index (χ0) is 10.4.